The van der Waals surface area contributed by atoms with Crippen molar-refractivity contribution in [3.63, 3.8) is 0 Å². The molecule has 0 saturated carbocycles. The summed E-state index contributed by atoms with van der Waals surface area (Å²) in [6.45, 7) is 3.35. The normalized spacial score (nSPS) is 19.7. The van der Waals surface area contributed by atoms with E-state index in [-0.39, 0.29) is 32.0 Å². The van der Waals surface area contributed by atoms with Crippen molar-refractivity contribution in [1.82, 2.24) is 10.2 Å². The molecule has 0 bridgehead atoms. The Morgan fingerprint density at radius 2 is 1.64 bits per heavy atom. The molecule has 1 aliphatic heterocycles. The molecule has 8 nitrogen and oxygen atoms in total. The Bertz CT molecular complexity index is 1040. The van der Waals surface area contributed by atoms with Gasteiger partial charge in [-0.1, -0.05) is 48.5 Å². The van der Waals surface area contributed by atoms with Crippen molar-refractivity contribution in [2.75, 3.05) is 19.7 Å². The SMILES string of the molecule is CC(C)(CNC(=O)OCC1c2ccccc2-c2ccccc21)C(=O)N1CC(O)CC1C(=O)O. The van der Waals surface area contributed by atoms with Crippen molar-refractivity contribution >= 4 is 18.0 Å². The molecule has 2 amide bonds. The molecule has 1 fully saturated rings. The van der Waals surface area contributed by atoms with Crippen molar-refractivity contribution in [3.8, 4) is 11.1 Å². The van der Waals surface area contributed by atoms with E-state index in [0.717, 1.165) is 22.3 Å². The minimum atomic E-state index is -1.15. The zero-order valence-electron chi connectivity index (χ0n) is 18.7. The van der Waals surface area contributed by atoms with Crippen molar-refractivity contribution in [3.05, 3.63) is 59.7 Å². The van der Waals surface area contributed by atoms with Crippen molar-refractivity contribution in [1.29, 1.82) is 0 Å². The van der Waals surface area contributed by atoms with E-state index < -0.39 is 35.5 Å². The number of nitrogens with one attached hydrogen (secondary N) is 1. The summed E-state index contributed by atoms with van der Waals surface area (Å²) < 4.78 is 5.51. The van der Waals surface area contributed by atoms with Gasteiger partial charge < -0.3 is 25.2 Å². The van der Waals surface area contributed by atoms with Crippen LogP contribution in [0.4, 0.5) is 4.79 Å². The molecule has 4 rings (SSSR count). The number of carboxylic acid groups (broad SMARTS) is 1. The fourth-order valence-corrected chi connectivity index (χ4v) is 4.68. The standard InChI is InChI=1S/C25H28N2O6/c1-25(2,23(31)27-12-15(28)11-21(27)22(29)30)14-26-24(32)33-13-20-18-9-5-3-7-16(18)17-8-4-6-10-19(17)20/h3-10,15,20-21,28H,11-14H2,1-2H3,(H,26,32)(H,29,30). The predicted octanol–water partition coefficient (Wildman–Crippen LogP) is 2.60. The molecule has 2 aromatic carbocycles. The van der Waals surface area contributed by atoms with E-state index in [2.05, 4.69) is 17.4 Å². The zero-order chi connectivity index (χ0) is 23.8. The first kappa shape index (κ1) is 22.8. The molecular formula is C25H28N2O6. The molecule has 0 aromatic heterocycles. The molecular weight excluding hydrogens is 424 g/mol. The van der Waals surface area contributed by atoms with Gasteiger partial charge in [0.05, 0.1) is 11.5 Å². The average molecular weight is 453 g/mol. The van der Waals surface area contributed by atoms with Gasteiger partial charge in [0.15, 0.2) is 0 Å². The number of hydrogen-bond donors (Lipinski definition) is 3. The summed E-state index contributed by atoms with van der Waals surface area (Å²) in [5, 5.41) is 21.8. The van der Waals surface area contributed by atoms with Crippen LogP contribution in [-0.4, -0.2) is 64.9 Å². The van der Waals surface area contributed by atoms with E-state index >= 15 is 0 Å². The highest BCUT2D eigenvalue weighted by atomic mass is 16.5. The lowest BCUT2D eigenvalue weighted by molar-refractivity contribution is -0.152. The van der Waals surface area contributed by atoms with E-state index in [1.54, 1.807) is 13.8 Å². The van der Waals surface area contributed by atoms with Crippen LogP contribution in [0.1, 0.15) is 37.3 Å². The largest absolute Gasteiger partial charge is 0.480 e. The number of carboxylic acids is 1. The molecule has 2 atom stereocenters. The molecule has 0 spiro atoms. The molecule has 174 valence electrons. The summed E-state index contributed by atoms with van der Waals surface area (Å²) in [5.41, 5.74) is 3.41. The second kappa shape index (κ2) is 8.86. The van der Waals surface area contributed by atoms with Crippen LogP contribution in [0.3, 0.4) is 0 Å². The summed E-state index contributed by atoms with van der Waals surface area (Å²) in [7, 11) is 0. The van der Waals surface area contributed by atoms with Gasteiger partial charge in [-0.25, -0.2) is 9.59 Å². The quantitative estimate of drug-likeness (QED) is 0.620. The van der Waals surface area contributed by atoms with E-state index in [1.165, 1.54) is 4.90 Å². The van der Waals surface area contributed by atoms with Crippen molar-refractivity contribution in [2.45, 2.75) is 38.3 Å². The Kier molecular flexibility index (Phi) is 6.12. The molecule has 2 unspecified atom stereocenters. The van der Waals surface area contributed by atoms with Gasteiger partial charge in [0, 0.05) is 25.4 Å². The number of carbonyl (C=O) groups is 3. The maximum absolute atomic E-state index is 12.9. The number of alkyl carbamates (subject to hydrolysis) is 1. The zero-order valence-corrected chi connectivity index (χ0v) is 18.7. The molecule has 0 radical (unpaired) electrons. The average Bonchev–Trinajstić information content (AvgIpc) is 3.34. The maximum atomic E-state index is 12.9. The minimum Gasteiger partial charge on any atom is -0.480 e. The number of carbonyl (C=O) groups excluding carboxylic acids is 2. The monoisotopic (exact) mass is 452 g/mol. The number of likely N-dealkylation sites (tertiary alicyclic amines) is 1. The second-order valence-electron chi connectivity index (χ2n) is 9.26. The second-order valence-corrected chi connectivity index (χ2v) is 9.26. The molecule has 8 heteroatoms. The van der Waals surface area contributed by atoms with Gasteiger partial charge in [-0.3, -0.25) is 4.79 Å². The van der Waals surface area contributed by atoms with Crippen LogP contribution in [0, 0.1) is 5.41 Å². The molecule has 1 saturated heterocycles. The third-order valence-corrected chi connectivity index (χ3v) is 6.42. The van der Waals surface area contributed by atoms with Gasteiger partial charge in [0.2, 0.25) is 5.91 Å². The number of aliphatic carboxylic acids is 1. The molecule has 2 aromatic rings. The van der Waals surface area contributed by atoms with Gasteiger partial charge in [-0.15, -0.1) is 0 Å². The lowest BCUT2D eigenvalue weighted by Crippen LogP contribution is -2.50. The number of rotatable bonds is 6. The summed E-state index contributed by atoms with van der Waals surface area (Å²) >= 11 is 0. The van der Waals surface area contributed by atoms with Crippen LogP contribution in [0.25, 0.3) is 11.1 Å². The highest BCUT2D eigenvalue weighted by Gasteiger charge is 2.44. The number of amides is 2. The smallest absolute Gasteiger partial charge is 0.407 e. The number of benzene rings is 2. The lowest BCUT2D eigenvalue weighted by Gasteiger charge is -2.31. The Morgan fingerprint density at radius 1 is 1.06 bits per heavy atom. The van der Waals surface area contributed by atoms with E-state index in [0.29, 0.717) is 0 Å². The highest BCUT2D eigenvalue weighted by Crippen LogP contribution is 2.44. The first-order valence-corrected chi connectivity index (χ1v) is 11.0. The first-order chi connectivity index (χ1) is 15.7. The Hall–Kier alpha value is -3.39. The fraction of sp³-hybridized carbons (Fsp3) is 0.400. The summed E-state index contributed by atoms with van der Waals surface area (Å²) in [4.78, 5) is 38.0. The number of fused-ring (bicyclic) bond motifs is 3. The van der Waals surface area contributed by atoms with Crippen LogP contribution >= 0.6 is 0 Å². The van der Waals surface area contributed by atoms with Crippen LogP contribution in [0.2, 0.25) is 0 Å². The van der Waals surface area contributed by atoms with Crippen molar-refractivity contribution < 1.29 is 29.3 Å². The maximum Gasteiger partial charge on any atom is 0.407 e. The Labute approximate surface area is 192 Å². The van der Waals surface area contributed by atoms with Crippen LogP contribution < -0.4 is 5.32 Å². The lowest BCUT2D eigenvalue weighted by atomic mass is 9.91. The Morgan fingerprint density at radius 3 is 2.21 bits per heavy atom. The summed E-state index contributed by atoms with van der Waals surface area (Å²) in [5.74, 6) is -1.66. The van der Waals surface area contributed by atoms with E-state index in [1.807, 2.05) is 36.4 Å². The van der Waals surface area contributed by atoms with Gasteiger partial charge >= 0.3 is 12.1 Å². The molecule has 1 aliphatic carbocycles. The third kappa shape index (κ3) is 4.43. The minimum absolute atomic E-state index is 0.00302. The first-order valence-electron chi connectivity index (χ1n) is 11.0. The van der Waals surface area contributed by atoms with Crippen LogP contribution in [-0.2, 0) is 14.3 Å². The fourth-order valence-electron chi connectivity index (χ4n) is 4.68. The summed E-state index contributed by atoms with van der Waals surface area (Å²) in [6, 6.07) is 15.0. The van der Waals surface area contributed by atoms with E-state index in [4.69, 9.17) is 4.74 Å². The molecule has 3 N–H and O–H groups in total. The molecule has 1 heterocycles. The number of aliphatic hydroxyl groups is 1. The van der Waals surface area contributed by atoms with Crippen LogP contribution in [0.5, 0.6) is 0 Å². The number of ether oxygens (including phenoxy) is 1. The van der Waals surface area contributed by atoms with Crippen LogP contribution in [0.15, 0.2) is 48.5 Å². The van der Waals surface area contributed by atoms with Crippen molar-refractivity contribution in [2.24, 2.45) is 5.41 Å². The number of aliphatic hydroxyl groups excluding tert-OH is 1. The van der Waals surface area contributed by atoms with Gasteiger partial charge in [0.25, 0.3) is 0 Å². The number of hydrogen-bond acceptors (Lipinski definition) is 5. The Balaban J connectivity index is 1.36. The predicted molar refractivity (Wildman–Crippen MR) is 121 cm³/mol. The number of nitrogens with zero attached hydrogens (tertiary/aromatic N) is 1. The highest BCUT2D eigenvalue weighted by molar-refractivity contribution is 5.88. The molecule has 2 aliphatic rings. The number of β-amino-alcohol motifs (C(OH)–C–C–N with tert-alkyl or cyclic N) is 1. The summed E-state index contributed by atoms with van der Waals surface area (Å²) in [6.07, 6.45) is -1.52. The molecule has 33 heavy (non-hydrogen) atoms. The van der Waals surface area contributed by atoms with Gasteiger partial charge in [0.1, 0.15) is 12.6 Å². The van der Waals surface area contributed by atoms with E-state index in [9.17, 15) is 24.6 Å². The third-order valence-electron chi connectivity index (χ3n) is 6.42. The van der Waals surface area contributed by atoms with Gasteiger partial charge in [-0.05, 0) is 36.1 Å². The topological polar surface area (TPSA) is 116 Å². The van der Waals surface area contributed by atoms with Gasteiger partial charge in [-0.2, -0.15) is 0 Å².